The number of thiophene rings is 1. The van der Waals surface area contributed by atoms with Crippen molar-refractivity contribution in [3.63, 3.8) is 0 Å². The summed E-state index contributed by atoms with van der Waals surface area (Å²) in [5.74, 6) is -1.06. The Morgan fingerprint density at radius 2 is 1.78 bits per heavy atom. The topological polar surface area (TPSA) is 77.0 Å². The van der Waals surface area contributed by atoms with Gasteiger partial charge < -0.3 is 15.1 Å². The number of carbonyl (C=O) groups is 2. The molecule has 2 N–H and O–H groups in total. The van der Waals surface area contributed by atoms with Crippen LogP contribution in [0, 0.1) is 12.7 Å². The molecule has 37 heavy (non-hydrogen) atoms. The van der Waals surface area contributed by atoms with Crippen molar-refractivity contribution in [3.05, 3.63) is 86.9 Å². The Hall–Kier alpha value is -3.40. The number of carbonyl (C=O) groups excluding carboxylic acids is 2. The van der Waals surface area contributed by atoms with E-state index in [1.165, 1.54) is 29.7 Å². The zero-order chi connectivity index (χ0) is 26.8. The van der Waals surface area contributed by atoms with Crippen LogP contribution in [0.15, 0.2) is 59.0 Å². The molecule has 0 fully saturated rings. The first-order valence-corrected chi connectivity index (χ1v) is 13.2. The van der Waals surface area contributed by atoms with E-state index in [9.17, 15) is 14.0 Å². The number of benzene rings is 2. The lowest BCUT2D eigenvalue weighted by atomic mass is 10.1. The number of anilines is 1. The number of amides is 2. The van der Waals surface area contributed by atoms with Gasteiger partial charge in [0.25, 0.3) is 11.8 Å². The maximum Gasteiger partial charge on any atom is 0.283 e. The molecule has 7 nitrogen and oxygen atoms in total. The summed E-state index contributed by atoms with van der Waals surface area (Å²) >= 11 is 1.23. The van der Waals surface area contributed by atoms with Gasteiger partial charge in [0, 0.05) is 25.2 Å². The molecule has 0 atom stereocenters. The molecule has 0 spiro atoms. The Kier molecular flexibility index (Phi) is 10.5. The molecule has 3 rings (SSSR count). The molecule has 0 aliphatic heterocycles. The summed E-state index contributed by atoms with van der Waals surface area (Å²) in [6.45, 7) is 10.9. The van der Waals surface area contributed by atoms with E-state index in [2.05, 4.69) is 46.5 Å². The van der Waals surface area contributed by atoms with E-state index in [1.54, 1.807) is 18.2 Å². The number of hydrazone groups is 1. The second kappa shape index (κ2) is 13.8. The third-order valence-electron chi connectivity index (χ3n) is 6.00. The smallest absolute Gasteiger partial charge is 0.283 e. The first kappa shape index (κ1) is 28.2. The molecule has 0 saturated carbocycles. The molecule has 0 bridgehead atoms. The first-order valence-electron chi connectivity index (χ1n) is 12.3. The lowest BCUT2D eigenvalue weighted by Gasteiger charge is -2.23. The third kappa shape index (κ3) is 8.31. The number of aryl methyl sites for hydroxylation is 1. The van der Waals surface area contributed by atoms with Crippen molar-refractivity contribution < 1.29 is 14.0 Å². The summed E-state index contributed by atoms with van der Waals surface area (Å²) in [7, 11) is 2.08. The molecule has 1 aromatic heterocycles. The maximum atomic E-state index is 13.1. The van der Waals surface area contributed by atoms with E-state index in [-0.39, 0.29) is 11.7 Å². The van der Waals surface area contributed by atoms with Crippen LogP contribution < -0.4 is 10.7 Å². The predicted molar refractivity (Wildman–Crippen MR) is 149 cm³/mol. The summed E-state index contributed by atoms with van der Waals surface area (Å²) in [5, 5.41) is 8.67. The fourth-order valence-electron chi connectivity index (χ4n) is 3.77. The number of nitrogens with zero attached hydrogens (tertiary/aromatic N) is 3. The highest BCUT2D eigenvalue weighted by atomic mass is 32.1. The third-order valence-corrected chi connectivity index (χ3v) is 7.10. The van der Waals surface area contributed by atoms with Gasteiger partial charge in [-0.05, 0) is 73.4 Å². The molecule has 1 heterocycles. The number of hydrogen-bond acceptors (Lipinski definition) is 6. The SMILES string of the molecule is CCN(CC)CCN(C)Cc1cccc(C(=O)Nc2c(C)csc2C(=O)NN=Cc2ccc(F)cc2)c1. The number of likely N-dealkylation sites (N-methyl/N-ethyl adjacent to an activating group) is 2. The van der Waals surface area contributed by atoms with Crippen molar-refractivity contribution in [1.82, 2.24) is 15.2 Å². The average molecular weight is 524 g/mol. The monoisotopic (exact) mass is 523 g/mol. The molecule has 2 amide bonds. The molecule has 0 aliphatic carbocycles. The van der Waals surface area contributed by atoms with Crippen molar-refractivity contribution in [3.8, 4) is 0 Å². The average Bonchev–Trinajstić information content (AvgIpc) is 3.25. The van der Waals surface area contributed by atoms with Crippen LogP contribution in [0.4, 0.5) is 10.1 Å². The number of halogens is 1. The molecule has 196 valence electrons. The number of nitrogens with one attached hydrogen (secondary N) is 2. The second-order valence-corrected chi connectivity index (χ2v) is 9.67. The number of rotatable bonds is 12. The van der Waals surface area contributed by atoms with Crippen LogP contribution in [0.25, 0.3) is 0 Å². The van der Waals surface area contributed by atoms with Crippen molar-refractivity contribution in [2.75, 3.05) is 38.5 Å². The molecular formula is C28H34FN5O2S. The Morgan fingerprint density at radius 3 is 2.49 bits per heavy atom. The van der Waals surface area contributed by atoms with Crippen LogP contribution in [0.5, 0.6) is 0 Å². The summed E-state index contributed by atoms with van der Waals surface area (Å²) in [4.78, 5) is 30.8. The van der Waals surface area contributed by atoms with Gasteiger partial charge in [0.2, 0.25) is 0 Å². The Balaban J connectivity index is 1.63. The molecule has 3 aromatic rings. The van der Waals surface area contributed by atoms with E-state index < -0.39 is 5.91 Å². The number of hydrogen-bond donors (Lipinski definition) is 2. The Labute approximate surface area is 222 Å². The highest BCUT2D eigenvalue weighted by molar-refractivity contribution is 7.13. The summed E-state index contributed by atoms with van der Waals surface area (Å²) < 4.78 is 13.0. The van der Waals surface area contributed by atoms with Crippen molar-refractivity contribution in [2.24, 2.45) is 5.10 Å². The normalized spacial score (nSPS) is 11.4. The molecule has 0 saturated heterocycles. The lowest BCUT2D eigenvalue weighted by molar-refractivity contribution is 0.0960. The van der Waals surface area contributed by atoms with E-state index in [0.717, 1.165) is 43.9 Å². The van der Waals surface area contributed by atoms with Crippen molar-refractivity contribution in [2.45, 2.75) is 27.3 Å². The van der Waals surface area contributed by atoms with Gasteiger partial charge in [0.15, 0.2) is 0 Å². The van der Waals surface area contributed by atoms with E-state index in [0.29, 0.717) is 21.7 Å². The van der Waals surface area contributed by atoms with Crippen LogP contribution >= 0.6 is 11.3 Å². The Morgan fingerprint density at radius 1 is 1.05 bits per heavy atom. The Bertz CT molecular complexity index is 1220. The van der Waals surface area contributed by atoms with Crippen LogP contribution in [-0.2, 0) is 6.54 Å². The summed E-state index contributed by atoms with van der Waals surface area (Å²) in [6.07, 6.45) is 1.43. The van der Waals surface area contributed by atoms with Gasteiger partial charge in [0.1, 0.15) is 10.7 Å². The second-order valence-electron chi connectivity index (χ2n) is 8.79. The standard InChI is InChI=1S/C28H34FN5O2S/c1-5-34(6-2)15-14-33(4)18-22-8-7-9-23(16-22)27(35)31-25-20(3)19-37-26(25)28(36)32-30-17-21-10-12-24(29)13-11-21/h7-13,16-17,19H,5-6,14-15,18H2,1-4H3,(H,31,35)(H,32,36). The fourth-order valence-corrected chi connectivity index (χ4v) is 4.67. The van der Waals surface area contributed by atoms with Gasteiger partial charge in [-0.15, -0.1) is 11.3 Å². The van der Waals surface area contributed by atoms with E-state index in [4.69, 9.17) is 0 Å². The molecule has 9 heteroatoms. The van der Waals surface area contributed by atoms with Gasteiger partial charge in [-0.3, -0.25) is 9.59 Å². The van der Waals surface area contributed by atoms with Gasteiger partial charge in [-0.2, -0.15) is 5.10 Å². The lowest BCUT2D eigenvalue weighted by Crippen LogP contribution is -2.32. The van der Waals surface area contributed by atoms with Crippen LogP contribution in [0.2, 0.25) is 0 Å². The predicted octanol–water partition coefficient (Wildman–Crippen LogP) is 4.99. The van der Waals surface area contributed by atoms with Crippen LogP contribution in [0.1, 0.15) is 50.6 Å². The van der Waals surface area contributed by atoms with Crippen LogP contribution in [0.3, 0.4) is 0 Å². The molecule has 0 unspecified atom stereocenters. The van der Waals surface area contributed by atoms with Crippen molar-refractivity contribution in [1.29, 1.82) is 0 Å². The van der Waals surface area contributed by atoms with E-state index >= 15 is 0 Å². The zero-order valence-electron chi connectivity index (χ0n) is 21.8. The minimum atomic E-state index is -0.435. The maximum absolute atomic E-state index is 13.1. The summed E-state index contributed by atoms with van der Waals surface area (Å²) in [6, 6.07) is 13.3. The van der Waals surface area contributed by atoms with Crippen LogP contribution in [-0.4, -0.2) is 61.1 Å². The fraction of sp³-hybridized carbons (Fsp3) is 0.321. The quantitative estimate of drug-likeness (QED) is 0.259. The zero-order valence-corrected chi connectivity index (χ0v) is 22.6. The van der Waals surface area contributed by atoms with Gasteiger partial charge in [-0.25, -0.2) is 9.82 Å². The van der Waals surface area contributed by atoms with Gasteiger partial charge >= 0.3 is 0 Å². The first-order chi connectivity index (χ1) is 17.8. The van der Waals surface area contributed by atoms with E-state index in [1.807, 2.05) is 30.5 Å². The minimum Gasteiger partial charge on any atom is -0.320 e. The molecular weight excluding hydrogens is 489 g/mol. The summed E-state index contributed by atoms with van der Waals surface area (Å²) in [5.41, 5.74) is 5.95. The molecule has 2 aromatic carbocycles. The highest BCUT2D eigenvalue weighted by Crippen LogP contribution is 2.28. The largest absolute Gasteiger partial charge is 0.320 e. The van der Waals surface area contributed by atoms with Gasteiger partial charge in [0.05, 0.1) is 11.9 Å². The minimum absolute atomic E-state index is 0.280. The highest BCUT2D eigenvalue weighted by Gasteiger charge is 2.19. The van der Waals surface area contributed by atoms with Crippen molar-refractivity contribution >= 4 is 35.1 Å². The molecule has 0 radical (unpaired) electrons. The van der Waals surface area contributed by atoms with Gasteiger partial charge in [-0.1, -0.05) is 38.1 Å². The molecule has 0 aliphatic rings.